The molecule has 2 aromatic rings. The highest BCUT2D eigenvalue weighted by atomic mass is 79.9. The maximum absolute atomic E-state index is 13.1. The number of nitrogens with zero attached hydrogens (tertiary/aromatic N) is 1. The lowest BCUT2D eigenvalue weighted by atomic mass is 10.2. The highest BCUT2D eigenvalue weighted by molar-refractivity contribution is 9.10. The molecule has 0 radical (unpaired) electrons. The van der Waals surface area contributed by atoms with Gasteiger partial charge in [0.15, 0.2) is 17.5 Å². The van der Waals surface area contributed by atoms with Gasteiger partial charge >= 0.3 is 0 Å². The lowest BCUT2D eigenvalue weighted by Crippen LogP contribution is -2.13. The van der Waals surface area contributed by atoms with Crippen LogP contribution in [-0.4, -0.2) is 11.0 Å². The van der Waals surface area contributed by atoms with Gasteiger partial charge in [0, 0.05) is 19.8 Å². The first kappa shape index (κ1) is 14.8. The Balaban J connectivity index is 2.26. The smallest absolute Gasteiger partial charge is 0.171 e. The van der Waals surface area contributed by atoms with Crippen molar-refractivity contribution in [2.75, 3.05) is 0 Å². The van der Waals surface area contributed by atoms with Crippen LogP contribution in [0.2, 0.25) is 0 Å². The number of benzene rings is 2. The number of hydrogen-bond donors (Lipinski definition) is 2. The van der Waals surface area contributed by atoms with Crippen molar-refractivity contribution in [2.45, 2.75) is 9.79 Å². The number of rotatable bonds is 3. The molecule has 0 atom stereocenters. The van der Waals surface area contributed by atoms with E-state index in [9.17, 15) is 8.78 Å². The summed E-state index contributed by atoms with van der Waals surface area (Å²) in [5, 5.41) is 11.6. The molecule has 2 aromatic carbocycles. The van der Waals surface area contributed by atoms with Gasteiger partial charge in [-0.3, -0.25) is 0 Å². The Hall–Kier alpha value is -1.60. The van der Waals surface area contributed by atoms with Gasteiger partial charge < -0.3 is 10.9 Å². The normalized spacial score (nSPS) is 11.7. The van der Waals surface area contributed by atoms with Crippen LogP contribution in [0.4, 0.5) is 8.78 Å². The minimum atomic E-state index is -0.887. The second-order valence-electron chi connectivity index (χ2n) is 3.80. The standard InChI is InChI=1S/C13H9BrF2N2OS/c14-10-5-7(1-3-9(10)13(17)18-19)20-8-2-4-11(15)12(16)6-8/h1-6,19H,(H2,17,18). The molecule has 20 heavy (non-hydrogen) atoms. The van der Waals surface area contributed by atoms with E-state index in [1.54, 1.807) is 18.2 Å². The summed E-state index contributed by atoms with van der Waals surface area (Å²) in [7, 11) is 0. The molecule has 0 heterocycles. The average Bonchev–Trinajstić information content (AvgIpc) is 2.42. The molecular formula is C13H9BrF2N2OS. The minimum absolute atomic E-state index is 0.0127. The SMILES string of the molecule is N/C(=N/O)c1ccc(Sc2ccc(F)c(F)c2)cc1Br. The fraction of sp³-hybridized carbons (Fsp3) is 0. The Kier molecular flexibility index (Phi) is 4.61. The van der Waals surface area contributed by atoms with Crippen molar-refractivity contribution in [3.8, 4) is 0 Å². The molecular weight excluding hydrogens is 350 g/mol. The van der Waals surface area contributed by atoms with Crippen molar-refractivity contribution >= 4 is 33.5 Å². The molecule has 104 valence electrons. The Morgan fingerprint density at radius 1 is 1.10 bits per heavy atom. The molecule has 0 aromatic heterocycles. The summed E-state index contributed by atoms with van der Waals surface area (Å²) in [6.45, 7) is 0. The molecule has 3 N–H and O–H groups in total. The molecule has 3 nitrogen and oxygen atoms in total. The summed E-state index contributed by atoms with van der Waals surface area (Å²) in [5.41, 5.74) is 6.05. The second-order valence-corrected chi connectivity index (χ2v) is 5.81. The molecule has 0 aliphatic rings. The van der Waals surface area contributed by atoms with Gasteiger partial charge in [0.1, 0.15) is 0 Å². The van der Waals surface area contributed by atoms with Crippen molar-refractivity contribution < 1.29 is 14.0 Å². The molecule has 0 fully saturated rings. The number of halogens is 3. The molecule has 0 bridgehead atoms. The molecule has 0 aliphatic carbocycles. The van der Waals surface area contributed by atoms with Crippen LogP contribution in [0, 0.1) is 11.6 Å². The van der Waals surface area contributed by atoms with Crippen molar-refractivity contribution in [1.82, 2.24) is 0 Å². The van der Waals surface area contributed by atoms with E-state index in [2.05, 4.69) is 21.1 Å². The highest BCUT2D eigenvalue weighted by Crippen LogP contribution is 2.31. The van der Waals surface area contributed by atoms with E-state index < -0.39 is 11.6 Å². The third-order valence-corrected chi connectivity index (χ3v) is 4.09. The van der Waals surface area contributed by atoms with E-state index in [-0.39, 0.29) is 5.84 Å². The van der Waals surface area contributed by atoms with Crippen LogP contribution >= 0.6 is 27.7 Å². The lowest BCUT2D eigenvalue weighted by molar-refractivity contribution is 0.318. The molecule has 0 aliphatic heterocycles. The van der Waals surface area contributed by atoms with Gasteiger partial charge in [-0.2, -0.15) is 0 Å². The van der Waals surface area contributed by atoms with Crippen LogP contribution < -0.4 is 5.73 Å². The van der Waals surface area contributed by atoms with Crippen molar-refractivity contribution in [1.29, 1.82) is 0 Å². The summed E-state index contributed by atoms with van der Waals surface area (Å²) >= 11 is 4.58. The zero-order valence-electron chi connectivity index (χ0n) is 9.98. The van der Waals surface area contributed by atoms with Crippen LogP contribution in [0.15, 0.2) is 55.8 Å². The molecule has 7 heteroatoms. The summed E-state index contributed by atoms with van der Waals surface area (Å²) in [4.78, 5) is 1.38. The first-order chi connectivity index (χ1) is 9.51. The van der Waals surface area contributed by atoms with Crippen molar-refractivity contribution in [3.63, 3.8) is 0 Å². The van der Waals surface area contributed by atoms with E-state index in [1.807, 2.05) is 0 Å². The third kappa shape index (κ3) is 3.29. The summed E-state index contributed by atoms with van der Waals surface area (Å²) in [5.74, 6) is -1.78. The fourth-order valence-corrected chi connectivity index (χ4v) is 3.11. The van der Waals surface area contributed by atoms with E-state index in [4.69, 9.17) is 10.9 Å². The first-order valence-corrected chi connectivity index (χ1v) is 7.02. The third-order valence-electron chi connectivity index (χ3n) is 2.45. The van der Waals surface area contributed by atoms with Crippen LogP contribution in [0.3, 0.4) is 0 Å². The summed E-state index contributed by atoms with van der Waals surface area (Å²) < 4.78 is 26.6. The lowest BCUT2D eigenvalue weighted by Gasteiger charge is -2.06. The Bertz CT molecular complexity index is 679. The zero-order valence-corrected chi connectivity index (χ0v) is 12.4. The largest absolute Gasteiger partial charge is 0.409 e. The molecule has 0 spiro atoms. The monoisotopic (exact) mass is 358 g/mol. The molecule has 0 amide bonds. The van der Waals surface area contributed by atoms with Crippen LogP contribution in [0.5, 0.6) is 0 Å². The average molecular weight is 359 g/mol. The quantitative estimate of drug-likeness (QED) is 0.377. The van der Waals surface area contributed by atoms with Crippen LogP contribution in [-0.2, 0) is 0 Å². The molecule has 0 saturated carbocycles. The fourth-order valence-electron chi connectivity index (χ4n) is 1.50. The number of nitrogens with two attached hydrogens (primary N) is 1. The van der Waals surface area contributed by atoms with Gasteiger partial charge in [-0.05, 0) is 52.3 Å². The maximum atomic E-state index is 13.1. The van der Waals surface area contributed by atoms with Gasteiger partial charge in [0.25, 0.3) is 0 Å². The van der Waals surface area contributed by atoms with Crippen molar-refractivity contribution in [3.05, 3.63) is 58.1 Å². The molecule has 0 unspecified atom stereocenters. The topological polar surface area (TPSA) is 58.6 Å². The first-order valence-electron chi connectivity index (χ1n) is 5.41. The van der Waals surface area contributed by atoms with E-state index in [1.165, 1.54) is 17.8 Å². The Morgan fingerprint density at radius 3 is 2.35 bits per heavy atom. The maximum Gasteiger partial charge on any atom is 0.171 e. The Morgan fingerprint density at radius 2 is 1.75 bits per heavy atom. The predicted octanol–water partition coefficient (Wildman–Crippen LogP) is 3.97. The van der Waals surface area contributed by atoms with Gasteiger partial charge in [-0.25, -0.2) is 8.78 Å². The van der Waals surface area contributed by atoms with Crippen molar-refractivity contribution in [2.24, 2.45) is 10.9 Å². The predicted molar refractivity (Wildman–Crippen MR) is 77.1 cm³/mol. The summed E-state index contributed by atoms with van der Waals surface area (Å²) in [6, 6.07) is 8.86. The van der Waals surface area contributed by atoms with Gasteiger partial charge in [-0.1, -0.05) is 16.9 Å². The number of oxime groups is 1. The van der Waals surface area contributed by atoms with E-state index in [0.29, 0.717) is 14.9 Å². The van der Waals surface area contributed by atoms with Crippen LogP contribution in [0.25, 0.3) is 0 Å². The van der Waals surface area contributed by atoms with E-state index >= 15 is 0 Å². The van der Waals surface area contributed by atoms with Gasteiger partial charge in [-0.15, -0.1) is 0 Å². The Labute approximate surface area is 126 Å². The van der Waals surface area contributed by atoms with Gasteiger partial charge in [0.2, 0.25) is 0 Å². The van der Waals surface area contributed by atoms with Gasteiger partial charge in [0.05, 0.1) is 0 Å². The number of hydrogen-bond acceptors (Lipinski definition) is 3. The highest BCUT2D eigenvalue weighted by Gasteiger charge is 2.08. The summed E-state index contributed by atoms with van der Waals surface area (Å²) in [6.07, 6.45) is 0. The molecule has 2 rings (SSSR count). The van der Waals surface area contributed by atoms with E-state index in [0.717, 1.165) is 17.0 Å². The molecule has 0 saturated heterocycles. The number of amidine groups is 1. The van der Waals surface area contributed by atoms with Crippen LogP contribution in [0.1, 0.15) is 5.56 Å². The second kappa shape index (κ2) is 6.23. The zero-order chi connectivity index (χ0) is 14.7. The minimum Gasteiger partial charge on any atom is -0.409 e.